The molecule has 0 bridgehead atoms. The minimum absolute atomic E-state index is 0.0312. The van der Waals surface area contributed by atoms with Crippen molar-refractivity contribution in [1.29, 1.82) is 0 Å². The highest BCUT2D eigenvalue weighted by Crippen LogP contribution is 2.36. The summed E-state index contributed by atoms with van der Waals surface area (Å²) in [4.78, 5) is 13.9. The third kappa shape index (κ3) is 2.42. The molecule has 0 aromatic heterocycles. The van der Waals surface area contributed by atoms with Gasteiger partial charge >= 0.3 is 0 Å². The summed E-state index contributed by atoms with van der Waals surface area (Å²) in [6.45, 7) is 6.91. The molecule has 94 valence electrons. The van der Waals surface area contributed by atoms with Gasteiger partial charge in [-0.3, -0.25) is 4.79 Å². The summed E-state index contributed by atoms with van der Waals surface area (Å²) in [6, 6.07) is 6.34. The Balaban J connectivity index is 2.69. The zero-order valence-corrected chi connectivity index (χ0v) is 10.3. The average Bonchev–Trinajstić information content (AvgIpc) is 2.41. The van der Waals surface area contributed by atoms with Crippen molar-refractivity contribution in [2.24, 2.45) is 0 Å². The predicted octanol–water partition coefficient (Wildman–Crippen LogP) is 4.21. The van der Waals surface area contributed by atoms with Gasteiger partial charge in [0.15, 0.2) is 12.0 Å². The molecule has 5 heteroatoms. The number of halogens is 2. The Hall–Kier alpha value is -2.38. The third-order valence-corrected chi connectivity index (χ3v) is 2.94. The standard InChI is InChI=1S/C14H7ClFNO2/c1-17-9-2-3-14(19)11(5-9)10-6-12(15)8(7-18)4-13(10)16/h2-7,19H. The molecule has 19 heavy (non-hydrogen) atoms. The zero-order chi connectivity index (χ0) is 14.0. The first kappa shape index (κ1) is 13.1. The fourth-order valence-corrected chi connectivity index (χ4v) is 1.88. The molecule has 2 aromatic carbocycles. The topological polar surface area (TPSA) is 41.7 Å². The Bertz CT molecular complexity index is 707. The highest BCUT2D eigenvalue weighted by atomic mass is 35.5. The van der Waals surface area contributed by atoms with Gasteiger partial charge in [0.1, 0.15) is 11.6 Å². The summed E-state index contributed by atoms with van der Waals surface area (Å²) in [7, 11) is 0. The third-order valence-electron chi connectivity index (χ3n) is 2.61. The molecule has 0 spiro atoms. The number of benzene rings is 2. The maximum Gasteiger partial charge on any atom is 0.188 e. The van der Waals surface area contributed by atoms with Crippen LogP contribution in [-0.2, 0) is 0 Å². The summed E-state index contributed by atoms with van der Waals surface area (Å²) in [5.74, 6) is -0.856. The van der Waals surface area contributed by atoms with Crippen molar-refractivity contribution >= 4 is 23.6 Å². The second-order valence-electron chi connectivity index (χ2n) is 3.78. The van der Waals surface area contributed by atoms with E-state index in [0.29, 0.717) is 6.29 Å². The number of rotatable bonds is 2. The number of nitrogens with zero attached hydrogens (tertiary/aromatic N) is 1. The molecule has 0 saturated carbocycles. The molecule has 3 nitrogen and oxygen atoms in total. The molecule has 0 fully saturated rings. The van der Waals surface area contributed by atoms with Gasteiger partial charge in [-0.05, 0) is 24.3 Å². The Morgan fingerprint density at radius 2 is 2.00 bits per heavy atom. The van der Waals surface area contributed by atoms with E-state index in [9.17, 15) is 14.3 Å². The second kappa shape index (κ2) is 5.09. The van der Waals surface area contributed by atoms with Crippen molar-refractivity contribution in [3.05, 3.63) is 58.2 Å². The van der Waals surface area contributed by atoms with Crippen LogP contribution in [0.15, 0.2) is 30.3 Å². The smallest absolute Gasteiger partial charge is 0.188 e. The molecule has 0 atom stereocenters. The van der Waals surface area contributed by atoms with Crippen LogP contribution < -0.4 is 0 Å². The fraction of sp³-hybridized carbons (Fsp3) is 0. The van der Waals surface area contributed by atoms with Crippen molar-refractivity contribution in [3.8, 4) is 16.9 Å². The highest BCUT2D eigenvalue weighted by Gasteiger charge is 2.13. The number of carbonyl (C=O) groups excluding carboxylic acids is 1. The molecule has 2 aromatic rings. The molecule has 0 amide bonds. The van der Waals surface area contributed by atoms with E-state index in [1.807, 2.05) is 0 Å². The van der Waals surface area contributed by atoms with Gasteiger partial charge in [0.2, 0.25) is 0 Å². The number of hydrogen-bond acceptors (Lipinski definition) is 2. The van der Waals surface area contributed by atoms with Crippen LogP contribution in [0.5, 0.6) is 5.75 Å². The maximum absolute atomic E-state index is 13.9. The lowest BCUT2D eigenvalue weighted by Crippen LogP contribution is -1.90. The van der Waals surface area contributed by atoms with E-state index in [0.717, 1.165) is 6.07 Å². The molecule has 0 heterocycles. The summed E-state index contributed by atoms with van der Waals surface area (Å²) in [5, 5.41) is 9.83. The monoisotopic (exact) mass is 275 g/mol. The second-order valence-corrected chi connectivity index (χ2v) is 4.19. The van der Waals surface area contributed by atoms with Gasteiger partial charge in [0.25, 0.3) is 0 Å². The minimum Gasteiger partial charge on any atom is -0.507 e. The first-order valence-electron chi connectivity index (χ1n) is 5.22. The van der Waals surface area contributed by atoms with Crippen molar-refractivity contribution < 1.29 is 14.3 Å². The van der Waals surface area contributed by atoms with E-state index in [-0.39, 0.29) is 33.1 Å². The van der Waals surface area contributed by atoms with Crippen LogP contribution in [0.4, 0.5) is 10.1 Å². The number of aldehydes is 1. The first-order valence-corrected chi connectivity index (χ1v) is 5.59. The molecule has 0 radical (unpaired) electrons. The van der Waals surface area contributed by atoms with Crippen LogP contribution in [0.3, 0.4) is 0 Å². The van der Waals surface area contributed by atoms with E-state index in [1.165, 1.54) is 24.3 Å². The lowest BCUT2D eigenvalue weighted by atomic mass is 10.0. The SMILES string of the molecule is [C-]#[N+]c1ccc(O)c(-c2cc(Cl)c(C=O)cc2F)c1. The number of aromatic hydroxyl groups is 1. The zero-order valence-electron chi connectivity index (χ0n) is 9.52. The van der Waals surface area contributed by atoms with Gasteiger partial charge in [-0.25, -0.2) is 9.24 Å². The van der Waals surface area contributed by atoms with Crippen molar-refractivity contribution in [1.82, 2.24) is 0 Å². The number of carbonyl (C=O) groups is 1. The molecule has 1 N–H and O–H groups in total. The van der Waals surface area contributed by atoms with E-state index in [2.05, 4.69) is 4.85 Å². The Kier molecular flexibility index (Phi) is 3.50. The normalized spacial score (nSPS) is 9.95. The van der Waals surface area contributed by atoms with Gasteiger partial charge in [0, 0.05) is 16.7 Å². The van der Waals surface area contributed by atoms with Gasteiger partial charge in [-0.1, -0.05) is 17.7 Å². The Morgan fingerprint density at radius 3 is 2.63 bits per heavy atom. The summed E-state index contributed by atoms with van der Waals surface area (Å²) in [5.41, 5.74) is 0.496. The van der Waals surface area contributed by atoms with Crippen LogP contribution >= 0.6 is 11.6 Å². The van der Waals surface area contributed by atoms with Gasteiger partial charge in [0.05, 0.1) is 11.6 Å². The molecule has 0 unspecified atom stereocenters. The summed E-state index contributed by atoms with van der Waals surface area (Å²) < 4.78 is 13.9. The summed E-state index contributed by atoms with van der Waals surface area (Å²) >= 11 is 5.84. The van der Waals surface area contributed by atoms with Crippen LogP contribution in [0.1, 0.15) is 10.4 Å². The van der Waals surface area contributed by atoms with Crippen LogP contribution in [-0.4, -0.2) is 11.4 Å². The van der Waals surface area contributed by atoms with E-state index in [4.69, 9.17) is 18.2 Å². The quantitative estimate of drug-likeness (QED) is 0.659. The van der Waals surface area contributed by atoms with E-state index < -0.39 is 5.82 Å². The lowest BCUT2D eigenvalue weighted by molar-refractivity contribution is 0.112. The van der Waals surface area contributed by atoms with Crippen molar-refractivity contribution in [3.63, 3.8) is 0 Å². The summed E-state index contributed by atoms with van der Waals surface area (Å²) in [6.07, 6.45) is 0.449. The lowest BCUT2D eigenvalue weighted by Gasteiger charge is -2.08. The highest BCUT2D eigenvalue weighted by molar-refractivity contribution is 6.33. The molecular formula is C14H7ClFNO2. The molecular weight excluding hydrogens is 269 g/mol. The molecule has 0 aliphatic rings. The minimum atomic E-state index is -0.691. The number of phenols is 1. The number of phenolic OH excluding ortho intramolecular Hbond substituents is 1. The van der Waals surface area contributed by atoms with Gasteiger partial charge < -0.3 is 5.11 Å². The van der Waals surface area contributed by atoms with Gasteiger partial charge in [-0.2, -0.15) is 0 Å². The Morgan fingerprint density at radius 1 is 1.26 bits per heavy atom. The van der Waals surface area contributed by atoms with E-state index >= 15 is 0 Å². The molecule has 0 saturated heterocycles. The fourth-order valence-electron chi connectivity index (χ4n) is 1.67. The van der Waals surface area contributed by atoms with Crippen molar-refractivity contribution in [2.75, 3.05) is 0 Å². The molecule has 0 aliphatic heterocycles. The number of hydrogen-bond donors (Lipinski definition) is 1. The van der Waals surface area contributed by atoms with Crippen LogP contribution in [0, 0.1) is 12.4 Å². The largest absolute Gasteiger partial charge is 0.507 e. The van der Waals surface area contributed by atoms with Crippen molar-refractivity contribution in [2.45, 2.75) is 0 Å². The average molecular weight is 276 g/mol. The molecule has 0 aliphatic carbocycles. The maximum atomic E-state index is 13.9. The first-order chi connectivity index (χ1) is 9.06. The Labute approximate surface area is 113 Å². The predicted molar refractivity (Wildman–Crippen MR) is 70.2 cm³/mol. The van der Waals surface area contributed by atoms with Gasteiger partial charge in [-0.15, -0.1) is 0 Å². The molecule has 2 rings (SSSR count). The van der Waals surface area contributed by atoms with Crippen LogP contribution in [0.2, 0.25) is 5.02 Å². The van der Waals surface area contributed by atoms with E-state index in [1.54, 1.807) is 0 Å². The van der Waals surface area contributed by atoms with Crippen LogP contribution in [0.25, 0.3) is 16.0 Å².